The molecule has 0 saturated carbocycles. The average molecular weight is 168 g/mol. The van der Waals surface area contributed by atoms with E-state index >= 15 is 0 Å². The lowest BCUT2D eigenvalue weighted by Crippen LogP contribution is -1.56. The molecular formula is C8H12N2S. The summed E-state index contributed by atoms with van der Waals surface area (Å²) in [5.41, 5.74) is 0. The number of fused-ring (bicyclic) bond motifs is 1. The summed E-state index contributed by atoms with van der Waals surface area (Å²) in [6, 6.07) is 10.5. The lowest BCUT2D eigenvalue weighted by atomic mass is 10.3. The van der Waals surface area contributed by atoms with Crippen LogP contribution in [0.3, 0.4) is 0 Å². The fourth-order valence-electron chi connectivity index (χ4n) is 0.906. The zero-order valence-electron chi connectivity index (χ0n) is 6.29. The van der Waals surface area contributed by atoms with E-state index in [4.69, 9.17) is 0 Å². The maximum atomic E-state index is 2.14. The summed E-state index contributed by atoms with van der Waals surface area (Å²) >= 11 is 1.79. The Morgan fingerprint density at radius 2 is 1.64 bits per heavy atom. The molecule has 3 heteroatoms. The van der Waals surface area contributed by atoms with Crippen molar-refractivity contribution in [1.82, 2.24) is 12.3 Å². The molecule has 2 aromatic rings. The first-order valence-corrected chi connectivity index (χ1v) is 3.77. The summed E-state index contributed by atoms with van der Waals surface area (Å²) in [7, 11) is 0. The molecule has 0 bridgehead atoms. The Morgan fingerprint density at radius 3 is 2.36 bits per heavy atom. The first kappa shape index (κ1) is 10.1. The molecule has 1 heterocycles. The van der Waals surface area contributed by atoms with Gasteiger partial charge < -0.3 is 12.3 Å². The van der Waals surface area contributed by atoms with Gasteiger partial charge in [0.1, 0.15) is 0 Å². The molecule has 0 amide bonds. The molecule has 2 rings (SSSR count). The van der Waals surface area contributed by atoms with E-state index in [0.717, 1.165) is 0 Å². The van der Waals surface area contributed by atoms with E-state index in [2.05, 4.69) is 35.7 Å². The smallest absolute Gasteiger partial charge is 0.0342 e. The Balaban J connectivity index is 0.000000500. The number of thiophene rings is 1. The van der Waals surface area contributed by atoms with Gasteiger partial charge in [-0.15, -0.1) is 11.3 Å². The predicted molar refractivity (Wildman–Crippen MR) is 51.9 cm³/mol. The third kappa shape index (κ3) is 1.77. The molecular weight excluding hydrogens is 156 g/mol. The van der Waals surface area contributed by atoms with Gasteiger partial charge in [-0.3, -0.25) is 0 Å². The molecule has 0 spiro atoms. The minimum absolute atomic E-state index is 0. The molecule has 11 heavy (non-hydrogen) atoms. The standard InChI is InChI=1S/C8H6S.2H3N/c1-2-4-8-7(3-1)5-6-9-8;;/h1-6H;2*1H3. The molecule has 0 atom stereocenters. The SMILES string of the molecule is N.N.c1ccc2sccc2c1. The summed E-state index contributed by atoms with van der Waals surface area (Å²) in [5, 5.41) is 3.47. The first-order valence-electron chi connectivity index (χ1n) is 2.89. The third-order valence-corrected chi connectivity index (χ3v) is 2.26. The molecule has 0 radical (unpaired) electrons. The monoisotopic (exact) mass is 168 g/mol. The second-order valence-electron chi connectivity index (χ2n) is 1.96. The number of benzene rings is 1. The van der Waals surface area contributed by atoms with Crippen LogP contribution in [0.15, 0.2) is 35.7 Å². The summed E-state index contributed by atoms with van der Waals surface area (Å²) in [6.45, 7) is 0. The molecule has 0 unspecified atom stereocenters. The molecule has 0 saturated heterocycles. The fraction of sp³-hybridized carbons (Fsp3) is 0. The van der Waals surface area contributed by atoms with Crippen LogP contribution >= 0.6 is 11.3 Å². The van der Waals surface area contributed by atoms with Crippen LogP contribution in [-0.2, 0) is 0 Å². The minimum Gasteiger partial charge on any atom is -0.344 e. The summed E-state index contributed by atoms with van der Waals surface area (Å²) in [6.07, 6.45) is 0. The van der Waals surface area contributed by atoms with E-state index in [1.54, 1.807) is 11.3 Å². The lowest BCUT2D eigenvalue weighted by Gasteiger charge is -1.82. The van der Waals surface area contributed by atoms with Gasteiger partial charge in [-0.2, -0.15) is 0 Å². The van der Waals surface area contributed by atoms with Gasteiger partial charge in [0.15, 0.2) is 0 Å². The molecule has 1 aromatic heterocycles. The predicted octanol–water partition coefficient (Wildman–Crippen LogP) is 3.23. The maximum Gasteiger partial charge on any atom is 0.0342 e. The van der Waals surface area contributed by atoms with Crippen LogP contribution in [-0.4, -0.2) is 0 Å². The molecule has 0 aliphatic rings. The van der Waals surface area contributed by atoms with E-state index in [1.165, 1.54) is 10.1 Å². The largest absolute Gasteiger partial charge is 0.344 e. The van der Waals surface area contributed by atoms with Crippen LogP contribution in [0.4, 0.5) is 0 Å². The van der Waals surface area contributed by atoms with E-state index in [1.807, 2.05) is 0 Å². The van der Waals surface area contributed by atoms with Crippen LogP contribution < -0.4 is 12.3 Å². The highest BCUT2D eigenvalue weighted by atomic mass is 32.1. The van der Waals surface area contributed by atoms with Crippen molar-refractivity contribution >= 4 is 21.4 Å². The minimum atomic E-state index is 0. The van der Waals surface area contributed by atoms with Crippen LogP contribution in [0.25, 0.3) is 10.1 Å². The first-order chi connectivity index (χ1) is 4.47. The molecule has 1 aromatic carbocycles. The molecule has 2 nitrogen and oxygen atoms in total. The average Bonchev–Trinajstić information content (AvgIpc) is 2.33. The van der Waals surface area contributed by atoms with Gasteiger partial charge in [0.25, 0.3) is 0 Å². The van der Waals surface area contributed by atoms with Crippen molar-refractivity contribution in [2.45, 2.75) is 0 Å². The second kappa shape index (κ2) is 4.08. The molecule has 0 fully saturated rings. The van der Waals surface area contributed by atoms with Crippen LogP contribution in [0.2, 0.25) is 0 Å². The van der Waals surface area contributed by atoms with Gasteiger partial charge in [0.2, 0.25) is 0 Å². The van der Waals surface area contributed by atoms with Gasteiger partial charge in [-0.25, -0.2) is 0 Å². The van der Waals surface area contributed by atoms with Crippen molar-refractivity contribution < 1.29 is 0 Å². The van der Waals surface area contributed by atoms with E-state index in [9.17, 15) is 0 Å². The number of hydrogen-bond acceptors (Lipinski definition) is 3. The van der Waals surface area contributed by atoms with Crippen LogP contribution in [0, 0.1) is 0 Å². The molecule has 0 aliphatic heterocycles. The van der Waals surface area contributed by atoms with Crippen molar-refractivity contribution in [2.24, 2.45) is 0 Å². The van der Waals surface area contributed by atoms with E-state index in [0.29, 0.717) is 0 Å². The Labute approximate surface area is 70.0 Å². The quantitative estimate of drug-likeness (QED) is 0.634. The van der Waals surface area contributed by atoms with Gasteiger partial charge in [0.05, 0.1) is 0 Å². The molecule has 6 N–H and O–H groups in total. The topological polar surface area (TPSA) is 70.0 Å². The summed E-state index contributed by atoms with van der Waals surface area (Å²) in [4.78, 5) is 0. The van der Waals surface area contributed by atoms with Gasteiger partial charge in [-0.1, -0.05) is 18.2 Å². The Morgan fingerprint density at radius 1 is 0.909 bits per heavy atom. The van der Waals surface area contributed by atoms with E-state index < -0.39 is 0 Å². The highest BCUT2D eigenvalue weighted by Gasteiger charge is 1.87. The zero-order chi connectivity index (χ0) is 6.10. The van der Waals surface area contributed by atoms with E-state index in [-0.39, 0.29) is 12.3 Å². The normalized spacial score (nSPS) is 8.36. The zero-order valence-corrected chi connectivity index (χ0v) is 7.10. The summed E-state index contributed by atoms with van der Waals surface area (Å²) < 4.78 is 1.37. The van der Waals surface area contributed by atoms with Crippen molar-refractivity contribution in [3.63, 3.8) is 0 Å². The fourth-order valence-corrected chi connectivity index (χ4v) is 1.70. The van der Waals surface area contributed by atoms with Crippen molar-refractivity contribution in [2.75, 3.05) is 0 Å². The van der Waals surface area contributed by atoms with Crippen molar-refractivity contribution in [3.05, 3.63) is 35.7 Å². The Bertz CT molecular complexity index is 286. The van der Waals surface area contributed by atoms with Crippen molar-refractivity contribution in [1.29, 1.82) is 0 Å². The Kier molecular flexibility index (Phi) is 3.74. The lowest BCUT2D eigenvalue weighted by molar-refractivity contribution is 1.86. The summed E-state index contributed by atoms with van der Waals surface area (Å²) in [5.74, 6) is 0. The van der Waals surface area contributed by atoms with Gasteiger partial charge >= 0.3 is 0 Å². The second-order valence-corrected chi connectivity index (χ2v) is 2.91. The van der Waals surface area contributed by atoms with Gasteiger partial charge in [-0.05, 0) is 22.9 Å². The molecule has 60 valence electrons. The molecule has 0 aliphatic carbocycles. The maximum absolute atomic E-state index is 2.14. The van der Waals surface area contributed by atoms with Crippen LogP contribution in [0.1, 0.15) is 0 Å². The number of rotatable bonds is 0. The van der Waals surface area contributed by atoms with Crippen molar-refractivity contribution in [3.8, 4) is 0 Å². The highest BCUT2D eigenvalue weighted by molar-refractivity contribution is 7.17. The number of hydrogen-bond donors (Lipinski definition) is 2. The van der Waals surface area contributed by atoms with Gasteiger partial charge in [0, 0.05) is 4.70 Å². The van der Waals surface area contributed by atoms with Crippen LogP contribution in [0.5, 0.6) is 0 Å². The highest BCUT2D eigenvalue weighted by Crippen LogP contribution is 2.18. The Hall–Kier alpha value is -0.900. The third-order valence-electron chi connectivity index (χ3n) is 1.36.